The molecule has 160 valence electrons. The number of nitrogens with one attached hydrogen (secondary N) is 1. The van der Waals surface area contributed by atoms with E-state index in [-0.39, 0.29) is 16.5 Å². The van der Waals surface area contributed by atoms with Gasteiger partial charge >= 0.3 is 0 Å². The zero-order valence-corrected chi connectivity index (χ0v) is 17.4. The Bertz CT molecular complexity index is 1160. The number of amides is 1. The highest BCUT2D eigenvalue weighted by atomic mass is 32.2. The molecule has 3 aromatic rings. The third-order valence-electron chi connectivity index (χ3n) is 5.03. The average Bonchev–Trinajstić information content (AvgIpc) is 2.81. The van der Waals surface area contributed by atoms with Crippen molar-refractivity contribution >= 4 is 27.4 Å². The molecule has 9 heteroatoms. The highest BCUT2D eigenvalue weighted by Gasteiger charge is 2.24. The molecule has 7 nitrogen and oxygen atoms in total. The normalized spacial score (nSPS) is 14.4. The van der Waals surface area contributed by atoms with Crippen molar-refractivity contribution in [3.05, 3.63) is 84.3 Å². The number of hydrogen-bond acceptors (Lipinski definition) is 5. The molecule has 0 saturated carbocycles. The summed E-state index contributed by atoms with van der Waals surface area (Å²) < 4.78 is 40.8. The molecule has 31 heavy (non-hydrogen) atoms. The van der Waals surface area contributed by atoms with E-state index in [1.54, 1.807) is 17.2 Å². The van der Waals surface area contributed by atoms with Crippen LogP contribution in [0.4, 0.5) is 15.9 Å². The van der Waals surface area contributed by atoms with E-state index in [4.69, 9.17) is 0 Å². The number of carbonyl (C=O) groups excluding carboxylic acids is 1. The van der Waals surface area contributed by atoms with Crippen LogP contribution in [-0.2, 0) is 10.0 Å². The molecule has 0 radical (unpaired) electrons. The first-order valence-electron chi connectivity index (χ1n) is 9.76. The Hall–Kier alpha value is -3.46. The van der Waals surface area contributed by atoms with Crippen LogP contribution in [0.5, 0.6) is 0 Å². The van der Waals surface area contributed by atoms with Gasteiger partial charge < -0.3 is 9.80 Å². The van der Waals surface area contributed by atoms with Crippen molar-refractivity contribution in [2.75, 3.05) is 35.8 Å². The number of piperazine rings is 1. The van der Waals surface area contributed by atoms with Gasteiger partial charge in [0.25, 0.3) is 15.9 Å². The number of halogens is 1. The van der Waals surface area contributed by atoms with Gasteiger partial charge in [0, 0.05) is 43.6 Å². The van der Waals surface area contributed by atoms with E-state index in [0.717, 1.165) is 5.82 Å². The fourth-order valence-corrected chi connectivity index (χ4v) is 4.49. The SMILES string of the molecule is O=C(c1cccc(S(=O)(=O)Nc2ccc(F)cc2)c1)N1CCN(c2ccccn2)CC1. The van der Waals surface area contributed by atoms with Crippen molar-refractivity contribution in [3.8, 4) is 0 Å². The zero-order valence-electron chi connectivity index (χ0n) is 16.6. The van der Waals surface area contributed by atoms with Crippen LogP contribution >= 0.6 is 0 Å². The second kappa shape index (κ2) is 8.73. The third kappa shape index (κ3) is 4.83. The topological polar surface area (TPSA) is 82.6 Å². The van der Waals surface area contributed by atoms with Crippen LogP contribution in [0.1, 0.15) is 10.4 Å². The molecule has 0 aliphatic carbocycles. The number of sulfonamides is 1. The number of hydrogen-bond donors (Lipinski definition) is 1. The van der Waals surface area contributed by atoms with Gasteiger partial charge in [-0.2, -0.15) is 0 Å². The molecule has 1 aliphatic rings. The maximum absolute atomic E-state index is 13.1. The summed E-state index contributed by atoms with van der Waals surface area (Å²) in [5.41, 5.74) is 0.539. The van der Waals surface area contributed by atoms with Crippen LogP contribution in [0.2, 0.25) is 0 Å². The standard InChI is InChI=1S/C22H21FN4O3S/c23-18-7-9-19(10-8-18)25-31(29,30)20-5-3-4-17(16-20)22(28)27-14-12-26(13-15-27)21-6-1-2-11-24-21/h1-11,16,25H,12-15H2. The van der Waals surface area contributed by atoms with Gasteiger partial charge in [0.05, 0.1) is 4.90 Å². The number of pyridine rings is 1. The Morgan fingerprint density at radius 1 is 0.935 bits per heavy atom. The van der Waals surface area contributed by atoms with E-state index >= 15 is 0 Å². The number of rotatable bonds is 5. The van der Waals surface area contributed by atoms with E-state index in [2.05, 4.69) is 14.6 Å². The van der Waals surface area contributed by atoms with E-state index < -0.39 is 15.8 Å². The molecule has 0 spiro atoms. The fourth-order valence-electron chi connectivity index (χ4n) is 3.39. The lowest BCUT2D eigenvalue weighted by atomic mass is 10.2. The van der Waals surface area contributed by atoms with Crippen molar-refractivity contribution < 1.29 is 17.6 Å². The maximum atomic E-state index is 13.1. The highest BCUT2D eigenvalue weighted by molar-refractivity contribution is 7.92. The number of carbonyl (C=O) groups is 1. The van der Waals surface area contributed by atoms with Crippen LogP contribution in [0.15, 0.2) is 77.8 Å². The number of benzene rings is 2. The summed E-state index contributed by atoms with van der Waals surface area (Å²) >= 11 is 0. The minimum absolute atomic E-state index is 0.0326. The molecule has 0 unspecified atom stereocenters. The molecule has 4 rings (SSSR count). The second-order valence-corrected chi connectivity index (χ2v) is 8.79. The zero-order chi connectivity index (χ0) is 21.8. The van der Waals surface area contributed by atoms with Crippen molar-refractivity contribution in [3.63, 3.8) is 0 Å². The summed E-state index contributed by atoms with van der Waals surface area (Å²) in [5, 5.41) is 0. The van der Waals surface area contributed by atoms with Crippen LogP contribution in [-0.4, -0.2) is 50.4 Å². The summed E-state index contributed by atoms with van der Waals surface area (Å²) in [6.45, 7) is 2.32. The summed E-state index contributed by atoms with van der Waals surface area (Å²) in [6.07, 6.45) is 1.73. The first-order chi connectivity index (χ1) is 14.9. The van der Waals surface area contributed by atoms with Gasteiger partial charge in [0.15, 0.2) is 0 Å². The van der Waals surface area contributed by atoms with E-state index in [1.165, 1.54) is 42.5 Å². The van der Waals surface area contributed by atoms with Gasteiger partial charge in [-0.1, -0.05) is 12.1 Å². The average molecular weight is 441 g/mol. The molecule has 1 aliphatic heterocycles. The summed E-state index contributed by atoms with van der Waals surface area (Å²) in [7, 11) is -3.92. The van der Waals surface area contributed by atoms with Crippen LogP contribution in [0.3, 0.4) is 0 Å². The lowest BCUT2D eigenvalue weighted by Crippen LogP contribution is -2.49. The van der Waals surface area contributed by atoms with Gasteiger partial charge in [0.2, 0.25) is 0 Å². The number of aromatic nitrogens is 1. The van der Waals surface area contributed by atoms with Gasteiger partial charge in [-0.25, -0.2) is 17.8 Å². The molecule has 1 amide bonds. The first kappa shape index (κ1) is 20.8. The molecule has 1 saturated heterocycles. The van der Waals surface area contributed by atoms with E-state index in [1.807, 2.05) is 18.2 Å². The van der Waals surface area contributed by atoms with Gasteiger partial charge in [-0.15, -0.1) is 0 Å². The largest absolute Gasteiger partial charge is 0.353 e. The van der Waals surface area contributed by atoms with E-state index in [9.17, 15) is 17.6 Å². The minimum Gasteiger partial charge on any atom is -0.353 e. The molecule has 0 bridgehead atoms. The number of anilines is 2. The monoisotopic (exact) mass is 440 g/mol. The Morgan fingerprint density at radius 2 is 1.68 bits per heavy atom. The first-order valence-corrected chi connectivity index (χ1v) is 11.2. The lowest BCUT2D eigenvalue weighted by Gasteiger charge is -2.35. The highest BCUT2D eigenvalue weighted by Crippen LogP contribution is 2.19. The Kier molecular flexibility index (Phi) is 5.85. The summed E-state index contributed by atoms with van der Waals surface area (Å²) in [4.78, 5) is 21.1. The van der Waals surface area contributed by atoms with Gasteiger partial charge in [-0.05, 0) is 54.6 Å². The predicted molar refractivity (Wildman–Crippen MR) is 116 cm³/mol. The molecule has 2 heterocycles. The summed E-state index contributed by atoms with van der Waals surface area (Å²) in [6, 6.07) is 16.6. The number of nitrogens with zero attached hydrogens (tertiary/aromatic N) is 3. The minimum atomic E-state index is -3.92. The lowest BCUT2D eigenvalue weighted by molar-refractivity contribution is 0.0746. The molecule has 0 atom stereocenters. The van der Waals surface area contributed by atoms with Crippen LogP contribution < -0.4 is 9.62 Å². The van der Waals surface area contributed by atoms with Crippen molar-refractivity contribution in [1.29, 1.82) is 0 Å². The predicted octanol–water partition coefficient (Wildman–Crippen LogP) is 2.98. The Labute approximate surface area is 180 Å². The molecule has 2 aromatic carbocycles. The van der Waals surface area contributed by atoms with Gasteiger partial charge in [-0.3, -0.25) is 9.52 Å². The van der Waals surface area contributed by atoms with Gasteiger partial charge in [0.1, 0.15) is 11.6 Å². The smallest absolute Gasteiger partial charge is 0.261 e. The Balaban J connectivity index is 1.45. The fraction of sp³-hybridized carbons (Fsp3) is 0.182. The molecule has 1 aromatic heterocycles. The van der Waals surface area contributed by atoms with Crippen molar-refractivity contribution in [2.24, 2.45) is 0 Å². The van der Waals surface area contributed by atoms with Crippen LogP contribution in [0, 0.1) is 5.82 Å². The van der Waals surface area contributed by atoms with Crippen LogP contribution in [0.25, 0.3) is 0 Å². The van der Waals surface area contributed by atoms with Crippen molar-refractivity contribution in [1.82, 2.24) is 9.88 Å². The second-order valence-electron chi connectivity index (χ2n) is 7.11. The maximum Gasteiger partial charge on any atom is 0.261 e. The Morgan fingerprint density at radius 3 is 2.35 bits per heavy atom. The molecular weight excluding hydrogens is 419 g/mol. The molecule has 1 fully saturated rings. The molecule has 1 N–H and O–H groups in total. The molecular formula is C22H21FN4O3S. The van der Waals surface area contributed by atoms with E-state index in [0.29, 0.717) is 31.7 Å². The quantitative estimate of drug-likeness (QED) is 0.660. The summed E-state index contributed by atoms with van der Waals surface area (Å²) in [5.74, 6) is 0.188. The van der Waals surface area contributed by atoms with Crippen molar-refractivity contribution in [2.45, 2.75) is 4.90 Å². The third-order valence-corrected chi connectivity index (χ3v) is 6.41.